The summed E-state index contributed by atoms with van der Waals surface area (Å²) in [5.41, 5.74) is 9.04. The highest BCUT2D eigenvalue weighted by Crippen LogP contribution is 2.33. The number of nitrogens with two attached hydrogens (primary N) is 1. The molecule has 2 aromatic rings. The van der Waals surface area contributed by atoms with Gasteiger partial charge in [0.2, 0.25) is 0 Å². The molecule has 0 aromatic heterocycles. The molecule has 0 bridgehead atoms. The minimum absolute atomic E-state index is 0.772. The highest BCUT2D eigenvalue weighted by atomic mass is 79.9. The van der Waals surface area contributed by atoms with E-state index in [9.17, 15) is 0 Å². The number of rotatable bonds is 3. The van der Waals surface area contributed by atoms with Crippen molar-refractivity contribution in [3.63, 3.8) is 0 Å². The fourth-order valence-electron chi connectivity index (χ4n) is 1.52. The Morgan fingerprint density at radius 2 is 1.89 bits per heavy atom. The van der Waals surface area contributed by atoms with Gasteiger partial charge in [-0.15, -0.1) is 11.8 Å². The van der Waals surface area contributed by atoms with Crippen molar-refractivity contribution in [1.82, 2.24) is 0 Å². The van der Waals surface area contributed by atoms with Crippen LogP contribution in [0.25, 0.3) is 0 Å². The molecule has 0 unspecified atom stereocenters. The van der Waals surface area contributed by atoms with Gasteiger partial charge in [0.05, 0.1) is 0 Å². The molecule has 0 fully saturated rings. The Kier molecular flexibility index (Phi) is 4.60. The van der Waals surface area contributed by atoms with E-state index in [2.05, 4.69) is 22.0 Å². The van der Waals surface area contributed by atoms with E-state index >= 15 is 0 Å². The van der Waals surface area contributed by atoms with E-state index in [1.807, 2.05) is 37.3 Å². The lowest BCUT2D eigenvalue weighted by molar-refractivity contribution is 1.31. The third-order valence-electron chi connectivity index (χ3n) is 2.63. The SMILES string of the molecule is Cc1cc(SCc2ccc(Cl)cc2)c(Br)cc1N. The number of thioether (sulfide) groups is 1. The summed E-state index contributed by atoms with van der Waals surface area (Å²) in [6.45, 7) is 2.02. The van der Waals surface area contributed by atoms with Crippen LogP contribution in [0.2, 0.25) is 5.02 Å². The fraction of sp³-hybridized carbons (Fsp3) is 0.143. The Hall–Kier alpha value is -0.640. The first-order valence-electron chi connectivity index (χ1n) is 5.49. The minimum Gasteiger partial charge on any atom is -0.398 e. The summed E-state index contributed by atoms with van der Waals surface area (Å²) in [7, 11) is 0. The van der Waals surface area contributed by atoms with Crippen molar-refractivity contribution in [3.05, 3.63) is 57.0 Å². The quantitative estimate of drug-likeness (QED) is 0.606. The maximum absolute atomic E-state index is 5.86. The van der Waals surface area contributed by atoms with Gasteiger partial charge in [-0.1, -0.05) is 23.7 Å². The van der Waals surface area contributed by atoms with E-state index in [1.165, 1.54) is 10.5 Å². The maximum Gasteiger partial charge on any atom is 0.0406 e. The molecule has 0 aliphatic heterocycles. The van der Waals surface area contributed by atoms with Crippen LogP contribution in [0, 0.1) is 6.92 Å². The van der Waals surface area contributed by atoms with Gasteiger partial charge < -0.3 is 5.73 Å². The summed E-state index contributed by atoms with van der Waals surface area (Å²) < 4.78 is 1.05. The normalized spacial score (nSPS) is 10.6. The summed E-state index contributed by atoms with van der Waals surface area (Å²) in [6.07, 6.45) is 0. The van der Waals surface area contributed by atoms with Gasteiger partial charge in [0.1, 0.15) is 0 Å². The summed E-state index contributed by atoms with van der Waals surface area (Å²) in [5, 5.41) is 0.772. The van der Waals surface area contributed by atoms with Crippen molar-refractivity contribution in [1.29, 1.82) is 0 Å². The topological polar surface area (TPSA) is 26.0 Å². The van der Waals surface area contributed by atoms with Crippen molar-refractivity contribution in [3.8, 4) is 0 Å². The summed E-state index contributed by atoms with van der Waals surface area (Å²) >= 11 is 11.2. The molecule has 0 radical (unpaired) electrons. The Bertz CT molecular complexity index is 554. The van der Waals surface area contributed by atoms with Gasteiger partial charge in [-0.3, -0.25) is 0 Å². The van der Waals surface area contributed by atoms with Gasteiger partial charge in [-0.25, -0.2) is 0 Å². The Morgan fingerprint density at radius 1 is 1.22 bits per heavy atom. The monoisotopic (exact) mass is 341 g/mol. The standard InChI is InChI=1S/C14H13BrClNS/c1-9-6-14(12(15)7-13(9)17)18-8-10-2-4-11(16)5-3-10/h2-7H,8,17H2,1H3. The minimum atomic E-state index is 0.772. The van der Waals surface area contributed by atoms with E-state index in [0.29, 0.717) is 0 Å². The zero-order chi connectivity index (χ0) is 13.1. The number of halogens is 2. The Balaban J connectivity index is 2.10. The highest BCUT2D eigenvalue weighted by molar-refractivity contribution is 9.10. The zero-order valence-corrected chi connectivity index (χ0v) is 13.1. The first-order chi connectivity index (χ1) is 8.56. The molecular formula is C14H13BrClNS. The van der Waals surface area contributed by atoms with Crippen LogP contribution in [0.4, 0.5) is 5.69 Å². The largest absolute Gasteiger partial charge is 0.398 e. The first-order valence-corrected chi connectivity index (χ1v) is 7.65. The second-order valence-electron chi connectivity index (χ2n) is 4.05. The van der Waals surface area contributed by atoms with E-state index in [0.717, 1.165) is 26.5 Å². The number of nitrogen functional groups attached to an aromatic ring is 1. The van der Waals surface area contributed by atoms with Crippen LogP contribution < -0.4 is 5.73 Å². The molecule has 94 valence electrons. The number of anilines is 1. The van der Waals surface area contributed by atoms with Gasteiger partial charge in [-0.05, 0) is 58.2 Å². The molecule has 0 spiro atoms. The first kappa shape index (κ1) is 13.8. The Labute approximate surface area is 125 Å². The van der Waals surface area contributed by atoms with Gasteiger partial charge in [0.15, 0.2) is 0 Å². The van der Waals surface area contributed by atoms with Crippen molar-refractivity contribution in [2.75, 3.05) is 5.73 Å². The summed E-state index contributed by atoms with van der Waals surface area (Å²) in [4.78, 5) is 1.21. The smallest absolute Gasteiger partial charge is 0.0406 e. The fourth-order valence-corrected chi connectivity index (χ4v) is 3.32. The van der Waals surface area contributed by atoms with E-state index in [1.54, 1.807) is 11.8 Å². The van der Waals surface area contributed by atoms with Crippen LogP contribution >= 0.6 is 39.3 Å². The van der Waals surface area contributed by atoms with Crippen molar-refractivity contribution < 1.29 is 0 Å². The van der Waals surface area contributed by atoms with Crippen LogP contribution in [-0.2, 0) is 5.75 Å². The lowest BCUT2D eigenvalue weighted by Crippen LogP contribution is -1.90. The highest BCUT2D eigenvalue weighted by Gasteiger charge is 2.04. The second-order valence-corrected chi connectivity index (χ2v) is 6.36. The van der Waals surface area contributed by atoms with Crippen molar-refractivity contribution in [2.45, 2.75) is 17.6 Å². The van der Waals surface area contributed by atoms with Crippen LogP contribution in [0.3, 0.4) is 0 Å². The molecule has 0 saturated heterocycles. The average Bonchev–Trinajstić information content (AvgIpc) is 2.34. The number of benzene rings is 2. The molecule has 0 heterocycles. The molecule has 0 saturated carbocycles. The van der Waals surface area contributed by atoms with Gasteiger partial charge in [-0.2, -0.15) is 0 Å². The van der Waals surface area contributed by atoms with Gasteiger partial charge in [0.25, 0.3) is 0 Å². The predicted molar refractivity (Wildman–Crippen MR) is 84.3 cm³/mol. The Morgan fingerprint density at radius 3 is 2.56 bits per heavy atom. The molecule has 18 heavy (non-hydrogen) atoms. The third-order valence-corrected chi connectivity index (χ3v) is 4.93. The van der Waals surface area contributed by atoms with Crippen LogP contribution in [0.15, 0.2) is 45.8 Å². The molecule has 0 atom stereocenters. The van der Waals surface area contributed by atoms with Crippen LogP contribution in [-0.4, -0.2) is 0 Å². The van der Waals surface area contributed by atoms with Gasteiger partial charge >= 0.3 is 0 Å². The number of aryl methyl sites for hydroxylation is 1. The molecule has 0 aliphatic carbocycles. The van der Waals surface area contributed by atoms with Gasteiger partial charge in [0, 0.05) is 25.8 Å². The predicted octanol–water partition coefficient (Wildman–Crippen LogP) is 5.29. The zero-order valence-electron chi connectivity index (χ0n) is 9.91. The number of hydrogen-bond acceptors (Lipinski definition) is 2. The number of hydrogen-bond donors (Lipinski definition) is 1. The average molecular weight is 343 g/mol. The third kappa shape index (κ3) is 3.44. The van der Waals surface area contributed by atoms with Crippen LogP contribution in [0.5, 0.6) is 0 Å². The molecule has 0 amide bonds. The lowest BCUT2D eigenvalue weighted by Gasteiger charge is -2.08. The molecule has 1 nitrogen and oxygen atoms in total. The summed E-state index contributed by atoms with van der Waals surface area (Å²) in [5.74, 6) is 0.916. The maximum atomic E-state index is 5.86. The molecule has 2 rings (SSSR count). The lowest BCUT2D eigenvalue weighted by atomic mass is 10.2. The molecule has 2 N–H and O–H groups in total. The van der Waals surface area contributed by atoms with E-state index in [-0.39, 0.29) is 0 Å². The second kappa shape index (κ2) is 6.00. The molecular weight excluding hydrogens is 330 g/mol. The van der Waals surface area contributed by atoms with Crippen LogP contribution in [0.1, 0.15) is 11.1 Å². The molecule has 4 heteroatoms. The van der Waals surface area contributed by atoms with Crippen molar-refractivity contribution >= 4 is 45.0 Å². The van der Waals surface area contributed by atoms with E-state index in [4.69, 9.17) is 17.3 Å². The molecule has 0 aliphatic rings. The summed E-state index contributed by atoms with van der Waals surface area (Å²) in [6, 6.07) is 12.0. The van der Waals surface area contributed by atoms with Crippen molar-refractivity contribution in [2.24, 2.45) is 0 Å². The molecule has 2 aromatic carbocycles. The van der Waals surface area contributed by atoms with E-state index < -0.39 is 0 Å².